The molecule has 0 radical (unpaired) electrons. The fourth-order valence-corrected chi connectivity index (χ4v) is 2.55. The van der Waals surface area contributed by atoms with E-state index in [1.54, 1.807) is 7.11 Å². The molecule has 2 atom stereocenters. The molecule has 0 aliphatic carbocycles. The number of nitrogens with zero attached hydrogens (tertiary/aromatic N) is 1. The lowest BCUT2D eigenvalue weighted by atomic mass is 9.87. The van der Waals surface area contributed by atoms with Crippen molar-refractivity contribution in [2.24, 2.45) is 11.7 Å². The Morgan fingerprint density at radius 2 is 2.29 bits per heavy atom. The maximum absolute atomic E-state index is 6.20. The number of hydrogen-bond donors (Lipinski definition) is 1. The molecule has 1 aromatic carbocycles. The van der Waals surface area contributed by atoms with Gasteiger partial charge in [-0.2, -0.15) is 0 Å². The summed E-state index contributed by atoms with van der Waals surface area (Å²) in [7, 11) is 3.88. The summed E-state index contributed by atoms with van der Waals surface area (Å²) >= 11 is 0. The summed E-state index contributed by atoms with van der Waals surface area (Å²) in [6, 6.07) is 8.63. The number of ether oxygens (including phenoxy) is 1. The quantitative estimate of drug-likeness (QED) is 0.861. The van der Waals surface area contributed by atoms with Gasteiger partial charge in [0.15, 0.2) is 0 Å². The third-order valence-electron chi connectivity index (χ3n) is 3.63. The highest BCUT2D eigenvalue weighted by atomic mass is 16.5. The molecule has 0 amide bonds. The number of likely N-dealkylation sites (tertiary alicyclic amines) is 1. The van der Waals surface area contributed by atoms with Crippen LogP contribution in [0.4, 0.5) is 0 Å². The zero-order valence-electron chi connectivity index (χ0n) is 10.7. The first-order chi connectivity index (χ1) is 8.19. The second-order valence-electron chi connectivity index (χ2n) is 5.03. The van der Waals surface area contributed by atoms with Crippen LogP contribution in [0.15, 0.2) is 24.3 Å². The molecular weight excluding hydrogens is 212 g/mol. The van der Waals surface area contributed by atoms with Crippen molar-refractivity contribution in [2.45, 2.75) is 18.9 Å². The molecule has 2 N–H and O–H groups in total. The Morgan fingerprint density at radius 1 is 1.47 bits per heavy atom. The second kappa shape index (κ2) is 5.52. The van der Waals surface area contributed by atoms with E-state index >= 15 is 0 Å². The average Bonchev–Trinajstić information content (AvgIpc) is 2.34. The minimum atomic E-state index is 0.331. The molecule has 1 saturated heterocycles. The Morgan fingerprint density at radius 3 is 3.06 bits per heavy atom. The number of nitrogens with two attached hydrogens (primary N) is 1. The van der Waals surface area contributed by atoms with Gasteiger partial charge < -0.3 is 15.4 Å². The van der Waals surface area contributed by atoms with E-state index in [-0.39, 0.29) is 0 Å². The number of hydrogen-bond acceptors (Lipinski definition) is 3. The highest BCUT2D eigenvalue weighted by Gasteiger charge is 2.24. The normalized spacial score (nSPS) is 25.8. The van der Waals surface area contributed by atoms with E-state index in [1.807, 2.05) is 12.1 Å². The van der Waals surface area contributed by atoms with E-state index in [2.05, 4.69) is 24.1 Å². The number of piperidine rings is 1. The van der Waals surface area contributed by atoms with E-state index in [4.69, 9.17) is 10.5 Å². The molecule has 3 heteroatoms. The summed E-state index contributed by atoms with van der Waals surface area (Å²) in [4.78, 5) is 2.37. The minimum Gasteiger partial charge on any atom is -0.497 e. The Hall–Kier alpha value is -1.06. The van der Waals surface area contributed by atoms with Crippen molar-refractivity contribution in [3.63, 3.8) is 0 Å². The summed E-state index contributed by atoms with van der Waals surface area (Å²) in [5, 5.41) is 0. The van der Waals surface area contributed by atoms with Crippen LogP contribution >= 0.6 is 0 Å². The molecule has 1 fully saturated rings. The van der Waals surface area contributed by atoms with Gasteiger partial charge in [-0.3, -0.25) is 0 Å². The van der Waals surface area contributed by atoms with Crippen LogP contribution in [-0.2, 0) is 6.42 Å². The van der Waals surface area contributed by atoms with E-state index in [0.29, 0.717) is 12.0 Å². The molecule has 1 aliphatic heterocycles. The van der Waals surface area contributed by atoms with Crippen LogP contribution in [0.1, 0.15) is 12.0 Å². The number of benzene rings is 1. The molecule has 1 aromatic rings. The molecule has 94 valence electrons. The third kappa shape index (κ3) is 3.20. The molecule has 1 heterocycles. The van der Waals surface area contributed by atoms with E-state index in [1.165, 1.54) is 5.56 Å². The molecule has 17 heavy (non-hydrogen) atoms. The van der Waals surface area contributed by atoms with Crippen LogP contribution in [0.25, 0.3) is 0 Å². The summed E-state index contributed by atoms with van der Waals surface area (Å²) in [6.45, 7) is 2.22. The Balaban J connectivity index is 2.03. The largest absolute Gasteiger partial charge is 0.497 e. The molecule has 2 unspecified atom stereocenters. The van der Waals surface area contributed by atoms with Crippen molar-refractivity contribution in [1.29, 1.82) is 0 Å². The highest BCUT2D eigenvalue weighted by molar-refractivity contribution is 5.28. The first kappa shape index (κ1) is 12.4. The lowest BCUT2D eigenvalue weighted by molar-refractivity contribution is 0.185. The zero-order valence-corrected chi connectivity index (χ0v) is 10.7. The predicted molar refractivity (Wildman–Crippen MR) is 70.3 cm³/mol. The van der Waals surface area contributed by atoms with Gasteiger partial charge in [0, 0.05) is 12.6 Å². The van der Waals surface area contributed by atoms with Gasteiger partial charge in [0.1, 0.15) is 5.75 Å². The van der Waals surface area contributed by atoms with Crippen molar-refractivity contribution in [2.75, 3.05) is 27.2 Å². The van der Waals surface area contributed by atoms with Crippen LogP contribution in [0.5, 0.6) is 5.75 Å². The minimum absolute atomic E-state index is 0.331. The molecule has 1 aliphatic rings. The fraction of sp³-hybridized carbons (Fsp3) is 0.571. The molecule has 3 nitrogen and oxygen atoms in total. The molecule has 0 saturated carbocycles. The van der Waals surface area contributed by atoms with Gasteiger partial charge in [0.25, 0.3) is 0 Å². The van der Waals surface area contributed by atoms with Crippen molar-refractivity contribution in [3.8, 4) is 5.75 Å². The van der Waals surface area contributed by atoms with E-state index in [0.717, 1.165) is 31.7 Å². The van der Waals surface area contributed by atoms with Gasteiger partial charge in [-0.25, -0.2) is 0 Å². The molecular formula is C14H22N2O. The van der Waals surface area contributed by atoms with Crippen molar-refractivity contribution in [3.05, 3.63) is 29.8 Å². The summed E-state index contributed by atoms with van der Waals surface area (Å²) in [5.41, 5.74) is 7.52. The Bertz CT molecular complexity index is 367. The maximum atomic E-state index is 6.20. The lowest BCUT2D eigenvalue weighted by Crippen LogP contribution is -2.46. The average molecular weight is 234 g/mol. The molecule has 2 rings (SSSR count). The Labute approximate surface area is 104 Å². The van der Waals surface area contributed by atoms with Gasteiger partial charge in [0.2, 0.25) is 0 Å². The fourth-order valence-electron chi connectivity index (χ4n) is 2.55. The van der Waals surface area contributed by atoms with Gasteiger partial charge in [0.05, 0.1) is 7.11 Å². The number of methoxy groups -OCH3 is 1. The maximum Gasteiger partial charge on any atom is 0.119 e. The molecule has 0 spiro atoms. The van der Waals surface area contributed by atoms with Crippen LogP contribution < -0.4 is 10.5 Å². The number of rotatable bonds is 3. The highest BCUT2D eigenvalue weighted by Crippen LogP contribution is 2.21. The monoisotopic (exact) mass is 234 g/mol. The van der Waals surface area contributed by atoms with Crippen molar-refractivity contribution in [1.82, 2.24) is 4.90 Å². The zero-order chi connectivity index (χ0) is 12.3. The van der Waals surface area contributed by atoms with Crippen molar-refractivity contribution >= 4 is 0 Å². The molecule has 0 bridgehead atoms. The van der Waals surface area contributed by atoms with Crippen molar-refractivity contribution < 1.29 is 4.74 Å². The van der Waals surface area contributed by atoms with E-state index in [9.17, 15) is 0 Å². The van der Waals surface area contributed by atoms with Gasteiger partial charge in [-0.05, 0) is 50.0 Å². The summed E-state index contributed by atoms with van der Waals surface area (Å²) in [5.74, 6) is 1.49. The van der Waals surface area contributed by atoms with Crippen LogP contribution in [0.2, 0.25) is 0 Å². The Kier molecular flexibility index (Phi) is 4.02. The second-order valence-corrected chi connectivity index (χ2v) is 5.03. The van der Waals surface area contributed by atoms with Crippen LogP contribution in [-0.4, -0.2) is 38.2 Å². The van der Waals surface area contributed by atoms with E-state index < -0.39 is 0 Å². The lowest BCUT2D eigenvalue weighted by Gasteiger charge is -2.34. The third-order valence-corrected chi connectivity index (χ3v) is 3.63. The smallest absolute Gasteiger partial charge is 0.119 e. The van der Waals surface area contributed by atoms with Crippen LogP contribution in [0.3, 0.4) is 0 Å². The summed E-state index contributed by atoms with van der Waals surface area (Å²) in [6.07, 6.45) is 2.15. The first-order valence-corrected chi connectivity index (χ1v) is 6.26. The SMILES string of the molecule is COc1cccc(CC2CN(C)CCC2N)c1. The van der Waals surface area contributed by atoms with Gasteiger partial charge in [-0.1, -0.05) is 12.1 Å². The first-order valence-electron chi connectivity index (χ1n) is 6.26. The molecule has 0 aromatic heterocycles. The van der Waals surface area contributed by atoms with Gasteiger partial charge in [-0.15, -0.1) is 0 Å². The topological polar surface area (TPSA) is 38.5 Å². The summed E-state index contributed by atoms with van der Waals surface area (Å²) < 4.78 is 5.25. The van der Waals surface area contributed by atoms with Crippen LogP contribution in [0, 0.1) is 5.92 Å². The standard InChI is InChI=1S/C14H22N2O/c1-16-7-6-14(15)12(10-16)8-11-4-3-5-13(9-11)17-2/h3-5,9,12,14H,6-8,10,15H2,1-2H3. The van der Waals surface area contributed by atoms with Gasteiger partial charge >= 0.3 is 0 Å². The predicted octanol–water partition coefficient (Wildman–Crippen LogP) is 1.52.